The van der Waals surface area contributed by atoms with Gasteiger partial charge in [-0.1, -0.05) is 6.07 Å². The molecule has 30 heavy (non-hydrogen) atoms. The van der Waals surface area contributed by atoms with E-state index in [1.54, 1.807) is 25.3 Å². The Balaban J connectivity index is 1.51. The predicted octanol–water partition coefficient (Wildman–Crippen LogP) is 4.55. The number of nitrogens with zero attached hydrogens (tertiary/aromatic N) is 3. The van der Waals surface area contributed by atoms with Crippen LogP contribution in [0.15, 0.2) is 36.7 Å². The molecule has 6 nitrogen and oxygen atoms in total. The highest BCUT2D eigenvalue weighted by atomic mass is 19.1. The molecule has 1 saturated heterocycles. The zero-order valence-electron chi connectivity index (χ0n) is 20.1. The van der Waals surface area contributed by atoms with Crippen LogP contribution in [-0.4, -0.2) is 48.6 Å². The molecule has 3 aromatic rings. The molecule has 0 unspecified atom stereocenters. The van der Waals surface area contributed by atoms with Crippen LogP contribution in [0.3, 0.4) is 0 Å². The lowest BCUT2D eigenvalue weighted by atomic mass is 9.98. The minimum atomic E-state index is -2.04. The Morgan fingerprint density at radius 1 is 1.20 bits per heavy atom. The monoisotopic (exact) mass is 413 g/mol. The molecule has 4 rings (SSSR count). The number of fused-ring (bicyclic) bond motifs is 1. The number of piperidine rings is 1. The summed E-state index contributed by atoms with van der Waals surface area (Å²) < 4.78 is 48.5. The van der Waals surface area contributed by atoms with Crippen molar-refractivity contribution < 1.29 is 18.0 Å². The van der Waals surface area contributed by atoms with Crippen molar-refractivity contribution in [3.05, 3.63) is 48.0 Å². The van der Waals surface area contributed by atoms with Crippen molar-refractivity contribution in [2.75, 3.05) is 39.1 Å². The third-order valence-electron chi connectivity index (χ3n) is 5.39. The van der Waals surface area contributed by atoms with Crippen molar-refractivity contribution in [3.8, 4) is 11.5 Å². The summed E-state index contributed by atoms with van der Waals surface area (Å²) in [6.45, 7) is 1.30. The van der Waals surface area contributed by atoms with Gasteiger partial charge in [0.05, 0.1) is 24.9 Å². The van der Waals surface area contributed by atoms with Gasteiger partial charge in [0.25, 0.3) is 0 Å². The molecule has 1 N–H and O–H groups in total. The largest absolute Gasteiger partial charge is 0.493 e. The standard InChI is InChI=1S/C23H27FN4O2/c1-15-4-5-19(18(24)10-15)27-23-17-11-21(29-3)22(12-20(17)25-14-26-23)30-13-16-6-8-28(2)9-7-16/h4-5,10-12,14,16H,6-9,13H2,1-3H3,(H,25,26,27)/i2D3. The molecular formula is C23H27FN4O2. The van der Waals surface area contributed by atoms with Crippen molar-refractivity contribution in [1.82, 2.24) is 14.9 Å². The van der Waals surface area contributed by atoms with Crippen LogP contribution >= 0.6 is 0 Å². The average Bonchev–Trinajstić information content (AvgIpc) is 2.78. The van der Waals surface area contributed by atoms with Crippen LogP contribution in [0.25, 0.3) is 10.9 Å². The van der Waals surface area contributed by atoms with Gasteiger partial charge in [-0.25, -0.2) is 14.4 Å². The molecule has 2 aromatic carbocycles. The fourth-order valence-electron chi connectivity index (χ4n) is 3.59. The molecule has 1 aliphatic heterocycles. The third kappa shape index (κ3) is 4.46. The number of aromatic nitrogens is 2. The van der Waals surface area contributed by atoms with Gasteiger partial charge in [0.15, 0.2) is 11.5 Å². The number of rotatable bonds is 6. The van der Waals surface area contributed by atoms with Gasteiger partial charge in [0.2, 0.25) is 0 Å². The summed E-state index contributed by atoms with van der Waals surface area (Å²) in [5.41, 5.74) is 1.79. The predicted molar refractivity (Wildman–Crippen MR) is 116 cm³/mol. The molecule has 0 spiro atoms. The van der Waals surface area contributed by atoms with Crippen LogP contribution in [-0.2, 0) is 0 Å². The molecule has 1 aliphatic rings. The number of nitrogens with one attached hydrogen (secondary N) is 1. The summed E-state index contributed by atoms with van der Waals surface area (Å²) in [5, 5.41) is 3.71. The normalized spacial score (nSPS) is 17.2. The number of hydrogen-bond acceptors (Lipinski definition) is 6. The lowest BCUT2D eigenvalue weighted by Gasteiger charge is -2.28. The molecule has 158 valence electrons. The second-order valence-corrected chi connectivity index (χ2v) is 7.59. The van der Waals surface area contributed by atoms with E-state index in [-0.39, 0.29) is 11.7 Å². The van der Waals surface area contributed by atoms with Gasteiger partial charge in [-0.2, -0.15) is 0 Å². The average molecular weight is 414 g/mol. The summed E-state index contributed by atoms with van der Waals surface area (Å²) >= 11 is 0. The van der Waals surface area contributed by atoms with Gasteiger partial charge in [0, 0.05) is 15.6 Å². The molecule has 0 aliphatic carbocycles. The second-order valence-electron chi connectivity index (χ2n) is 7.59. The fourth-order valence-corrected chi connectivity index (χ4v) is 3.59. The maximum Gasteiger partial charge on any atom is 0.163 e. The summed E-state index contributed by atoms with van der Waals surface area (Å²) in [6.07, 6.45) is 2.93. The number of halogens is 1. The summed E-state index contributed by atoms with van der Waals surface area (Å²) in [7, 11) is 1.55. The van der Waals surface area contributed by atoms with Crippen LogP contribution in [0.5, 0.6) is 11.5 Å². The quantitative estimate of drug-likeness (QED) is 0.640. The highest BCUT2D eigenvalue weighted by Gasteiger charge is 2.19. The number of benzene rings is 2. The molecule has 0 saturated carbocycles. The number of likely N-dealkylation sites (tertiary alicyclic amines) is 1. The van der Waals surface area contributed by atoms with E-state index in [1.807, 2.05) is 13.0 Å². The maximum absolute atomic E-state index is 14.3. The van der Waals surface area contributed by atoms with E-state index in [1.165, 1.54) is 17.3 Å². The Kier molecular flexibility index (Phi) is 4.95. The first-order valence-electron chi connectivity index (χ1n) is 11.5. The number of hydrogen-bond donors (Lipinski definition) is 1. The topological polar surface area (TPSA) is 59.5 Å². The van der Waals surface area contributed by atoms with Crippen molar-refractivity contribution in [2.45, 2.75) is 19.8 Å². The first-order chi connectivity index (χ1) is 15.7. The summed E-state index contributed by atoms with van der Waals surface area (Å²) in [4.78, 5) is 10.1. The summed E-state index contributed by atoms with van der Waals surface area (Å²) in [6, 6.07) is 8.51. The Morgan fingerprint density at radius 3 is 2.77 bits per heavy atom. The van der Waals surface area contributed by atoms with Crippen LogP contribution in [0.1, 0.15) is 22.5 Å². The number of aryl methyl sites for hydroxylation is 1. The van der Waals surface area contributed by atoms with Crippen molar-refractivity contribution >= 4 is 22.4 Å². The lowest BCUT2D eigenvalue weighted by molar-refractivity contribution is 0.157. The molecular weight excluding hydrogens is 383 g/mol. The van der Waals surface area contributed by atoms with Crippen LogP contribution in [0, 0.1) is 18.7 Å². The smallest absolute Gasteiger partial charge is 0.163 e. The highest BCUT2D eigenvalue weighted by molar-refractivity contribution is 5.93. The molecule has 0 bridgehead atoms. The van der Waals surface area contributed by atoms with Crippen molar-refractivity contribution in [1.29, 1.82) is 0 Å². The van der Waals surface area contributed by atoms with Gasteiger partial charge in [0.1, 0.15) is 18.0 Å². The molecule has 0 atom stereocenters. The number of anilines is 2. The Labute approximate surface area is 180 Å². The zero-order valence-corrected chi connectivity index (χ0v) is 17.1. The van der Waals surface area contributed by atoms with E-state index in [9.17, 15) is 4.39 Å². The van der Waals surface area contributed by atoms with E-state index in [0.717, 1.165) is 18.4 Å². The molecule has 2 heterocycles. The van der Waals surface area contributed by atoms with E-state index < -0.39 is 6.98 Å². The Bertz CT molecular complexity index is 1130. The minimum Gasteiger partial charge on any atom is -0.493 e. The molecule has 1 fully saturated rings. The first kappa shape index (κ1) is 16.8. The number of methoxy groups -OCH3 is 1. The van der Waals surface area contributed by atoms with E-state index >= 15 is 0 Å². The van der Waals surface area contributed by atoms with Gasteiger partial charge >= 0.3 is 0 Å². The molecule has 0 amide bonds. The SMILES string of the molecule is [2H]C([2H])([2H])N1CCC(COc2cc3ncnc(Nc4ccc(C)cc4F)c3cc2OC)CC1. The van der Waals surface area contributed by atoms with Crippen molar-refractivity contribution in [3.63, 3.8) is 0 Å². The number of ether oxygens (including phenoxy) is 2. The second kappa shape index (κ2) is 8.83. The minimum absolute atomic E-state index is 0.260. The Morgan fingerprint density at radius 2 is 2.03 bits per heavy atom. The summed E-state index contributed by atoms with van der Waals surface area (Å²) in [5.74, 6) is 1.43. The van der Waals surface area contributed by atoms with Crippen molar-refractivity contribution in [2.24, 2.45) is 5.92 Å². The van der Waals surface area contributed by atoms with Gasteiger partial charge in [-0.3, -0.25) is 0 Å². The van der Waals surface area contributed by atoms with Gasteiger partial charge in [-0.05, 0) is 69.5 Å². The van der Waals surface area contributed by atoms with E-state index in [4.69, 9.17) is 13.6 Å². The zero-order chi connectivity index (χ0) is 23.6. The maximum atomic E-state index is 14.3. The highest BCUT2D eigenvalue weighted by Crippen LogP contribution is 2.35. The van der Waals surface area contributed by atoms with E-state index in [0.29, 0.717) is 53.6 Å². The molecule has 1 aromatic heterocycles. The lowest BCUT2D eigenvalue weighted by Crippen LogP contribution is -2.32. The van der Waals surface area contributed by atoms with Gasteiger partial charge < -0.3 is 19.7 Å². The van der Waals surface area contributed by atoms with Gasteiger partial charge in [-0.15, -0.1) is 0 Å². The first-order valence-corrected chi connectivity index (χ1v) is 9.98. The molecule has 7 heteroatoms. The van der Waals surface area contributed by atoms with Crippen LogP contribution in [0.4, 0.5) is 15.9 Å². The van der Waals surface area contributed by atoms with Crippen LogP contribution < -0.4 is 14.8 Å². The third-order valence-corrected chi connectivity index (χ3v) is 5.39. The molecule has 0 radical (unpaired) electrons. The fraction of sp³-hybridized carbons (Fsp3) is 0.391. The Hall–Kier alpha value is -2.93. The van der Waals surface area contributed by atoms with Crippen LogP contribution in [0.2, 0.25) is 0 Å². The van der Waals surface area contributed by atoms with E-state index in [2.05, 4.69) is 15.3 Å².